The number of hydrogen-bond acceptors (Lipinski definition) is 4. The van der Waals surface area contributed by atoms with Gasteiger partial charge in [0.2, 0.25) is 0 Å². The Labute approximate surface area is 144 Å². The van der Waals surface area contributed by atoms with Gasteiger partial charge in [-0.15, -0.1) is 0 Å². The summed E-state index contributed by atoms with van der Waals surface area (Å²) in [5.41, 5.74) is 2.20. The summed E-state index contributed by atoms with van der Waals surface area (Å²) in [6.45, 7) is 9.00. The SMILES string of the molecule is CC(C)OCCCNC(=S)Nc1ccccc1N1CCOCC1. The van der Waals surface area contributed by atoms with E-state index in [9.17, 15) is 0 Å². The van der Waals surface area contributed by atoms with Crippen molar-refractivity contribution in [1.29, 1.82) is 0 Å². The van der Waals surface area contributed by atoms with Crippen LogP contribution in [-0.2, 0) is 9.47 Å². The molecule has 0 aliphatic carbocycles. The van der Waals surface area contributed by atoms with Crippen LogP contribution < -0.4 is 15.5 Å². The van der Waals surface area contributed by atoms with E-state index >= 15 is 0 Å². The van der Waals surface area contributed by atoms with Crippen LogP contribution in [0.5, 0.6) is 0 Å². The van der Waals surface area contributed by atoms with Crippen LogP contribution in [0.3, 0.4) is 0 Å². The third-order valence-electron chi connectivity index (χ3n) is 3.56. The van der Waals surface area contributed by atoms with Gasteiger partial charge in [-0.2, -0.15) is 0 Å². The lowest BCUT2D eigenvalue weighted by atomic mass is 10.2. The molecule has 1 aromatic rings. The van der Waals surface area contributed by atoms with Crippen LogP contribution in [0.2, 0.25) is 0 Å². The zero-order valence-corrected chi connectivity index (χ0v) is 14.8. The molecular formula is C17H27N3O2S. The van der Waals surface area contributed by atoms with Gasteiger partial charge >= 0.3 is 0 Å². The fourth-order valence-corrected chi connectivity index (χ4v) is 2.63. The molecule has 2 rings (SSSR count). The van der Waals surface area contributed by atoms with Crippen LogP contribution in [0.1, 0.15) is 20.3 Å². The molecule has 0 amide bonds. The predicted octanol–water partition coefficient (Wildman–Crippen LogP) is 2.62. The van der Waals surface area contributed by atoms with Gasteiger partial charge in [-0.25, -0.2) is 0 Å². The third-order valence-corrected chi connectivity index (χ3v) is 3.81. The van der Waals surface area contributed by atoms with Gasteiger partial charge in [-0.05, 0) is 44.6 Å². The largest absolute Gasteiger partial charge is 0.379 e. The van der Waals surface area contributed by atoms with Gasteiger partial charge < -0.3 is 25.0 Å². The molecule has 128 valence electrons. The molecule has 1 aliphatic rings. The Bertz CT molecular complexity index is 490. The Morgan fingerprint density at radius 1 is 1.30 bits per heavy atom. The molecule has 6 heteroatoms. The van der Waals surface area contributed by atoms with E-state index in [4.69, 9.17) is 21.7 Å². The molecule has 2 N–H and O–H groups in total. The molecule has 23 heavy (non-hydrogen) atoms. The third kappa shape index (κ3) is 6.33. The van der Waals surface area contributed by atoms with Crippen molar-refractivity contribution in [1.82, 2.24) is 5.32 Å². The Balaban J connectivity index is 1.81. The van der Waals surface area contributed by atoms with E-state index in [-0.39, 0.29) is 6.10 Å². The summed E-state index contributed by atoms with van der Waals surface area (Å²) in [6, 6.07) is 8.24. The molecule has 1 aromatic carbocycles. The number of anilines is 2. The minimum atomic E-state index is 0.278. The van der Waals surface area contributed by atoms with E-state index in [2.05, 4.69) is 33.7 Å². The Morgan fingerprint density at radius 3 is 2.78 bits per heavy atom. The van der Waals surface area contributed by atoms with Gasteiger partial charge in [0.1, 0.15) is 0 Å². The van der Waals surface area contributed by atoms with Crippen molar-refractivity contribution in [2.45, 2.75) is 26.4 Å². The van der Waals surface area contributed by atoms with E-state index in [1.165, 1.54) is 5.69 Å². The average molecular weight is 337 g/mol. The molecule has 5 nitrogen and oxygen atoms in total. The fraction of sp³-hybridized carbons (Fsp3) is 0.588. The maximum atomic E-state index is 5.52. The van der Waals surface area contributed by atoms with Crippen LogP contribution in [0.25, 0.3) is 0 Å². The Hall–Kier alpha value is -1.37. The highest BCUT2D eigenvalue weighted by atomic mass is 32.1. The zero-order chi connectivity index (χ0) is 16.5. The molecular weight excluding hydrogens is 310 g/mol. The van der Waals surface area contributed by atoms with Gasteiger partial charge in [-0.3, -0.25) is 0 Å². The quantitative estimate of drug-likeness (QED) is 0.589. The highest BCUT2D eigenvalue weighted by Crippen LogP contribution is 2.26. The lowest BCUT2D eigenvalue weighted by molar-refractivity contribution is 0.0777. The van der Waals surface area contributed by atoms with Crippen LogP contribution in [-0.4, -0.2) is 50.7 Å². The average Bonchev–Trinajstić information content (AvgIpc) is 2.55. The first kappa shape index (κ1) is 18.0. The van der Waals surface area contributed by atoms with Gasteiger partial charge in [0.25, 0.3) is 0 Å². The number of nitrogens with zero attached hydrogens (tertiary/aromatic N) is 1. The standard InChI is InChI=1S/C17H27N3O2S/c1-14(2)22-11-5-8-18-17(23)19-15-6-3-4-7-16(15)20-9-12-21-13-10-20/h3-4,6-7,14H,5,8-13H2,1-2H3,(H2,18,19,23). The van der Waals surface area contributed by atoms with Crippen molar-refractivity contribution in [2.24, 2.45) is 0 Å². The van der Waals surface area contributed by atoms with Crippen molar-refractivity contribution in [2.75, 3.05) is 49.7 Å². The second-order valence-electron chi connectivity index (χ2n) is 5.77. The summed E-state index contributed by atoms with van der Waals surface area (Å²) in [7, 11) is 0. The first-order chi connectivity index (χ1) is 11.2. The van der Waals surface area contributed by atoms with Gasteiger partial charge in [0.15, 0.2) is 5.11 Å². The minimum Gasteiger partial charge on any atom is -0.379 e. The number of thiocarbonyl (C=S) groups is 1. The lowest BCUT2D eigenvalue weighted by Crippen LogP contribution is -2.37. The minimum absolute atomic E-state index is 0.278. The normalized spacial score (nSPS) is 14.8. The molecule has 0 unspecified atom stereocenters. The second-order valence-corrected chi connectivity index (χ2v) is 6.18. The van der Waals surface area contributed by atoms with Crippen molar-refractivity contribution >= 4 is 28.7 Å². The zero-order valence-electron chi connectivity index (χ0n) is 14.0. The maximum Gasteiger partial charge on any atom is 0.170 e. The second kappa shape index (κ2) is 9.70. The maximum absolute atomic E-state index is 5.52. The first-order valence-electron chi connectivity index (χ1n) is 8.25. The summed E-state index contributed by atoms with van der Waals surface area (Å²) >= 11 is 5.39. The molecule has 1 heterocycles. The van der Waals surface area contributed by atoms with Crippen molar-refractivity contribution in [3.05, 3.63) is 24.3 Å². The van der Waals surface area contributed by atoms with Crippen molar-refractivity contribution in [3.8, 4) is 0 Å². The summed E-state index contributed by atoms with van der Waals surface area (Å²) in [4.78, 5) is 2.32. The van der Waals surface area contributed by atoms with E-state index in [1.54, 1.807) is 0 Å². The summed E-state index contributed by atoms with van der Waals surface area (Å²) in [5.74, 6) is 0. The topological polar surface area (TPSA) is 45.8 Å². The number of ether oxygens (including phenoxy) is 2. The highest BCUT2D eigenvalue weighted by Gasteiger charge is 2.14. The van der Waals surface area contributed by atoms with Crippen molar-refractivity contribution < 1.29 is 9.47 Å². The van der Waals surface area contributed by atoms with E-state index < -0.39 is 0 Å². The van der Waals surface area contributed by atoms with Gasteiger partial charge in [0, 0.05) is 26.2 Å². The molecule has 0 spiro atoms. The van der Waals surface area contributed by atoms with Crippen LogP contribution in [0.15, 0.2) is 24.3 Å². The summed E-state index contributed by atoms with van der Waals surface area (Å²) in [6.07, 6.45) is 1.21. The van der Waals surface area contributed by atoms with E-state index in [0.29, 0.717) is 5.11 Å². The van der Waals surface area contributed by atoms with Crippen molar-refractivity contribution in [3.63, 3.8) is 0 Å². The molecule has 0 bridgehead atoms. The molecule has 1 saturated heterocycles. The molecule has 0 saturated carbocycles. The number of nitrogens with one attached hydrogen (secondary N) is 2. The fourth-order valence-electron chi connectivity index (χ4n) is 2.42. The predicted molar refractivity (Wildman–Crippen MR) is 99.4 cm³/mol. The Kier molecular flexibility index (Phi) is 7.58. The molecule has 0 radical (unpaired) electrons. The van der Waals surface area contributed by atoms with E-state index in [0.717, 1.165) is 51.6 Å². The monoisotopic (exact) mass is 337 g/mol. The Morgan fingerprint density at radius 2 is 2.04 bits per heavy atom. The first-order valence-corrected chi connectivity index (χ1v) is 8.66. The summed E-state index contributed by atoms with van der Waals surface area (Å²) in [5, 5.41) is 7.19. The van der Waals surface area contributed by atoms with Crippen LogP contribution >= 0.6 is 12.2 Å². The smallest absolute Gasteiger partial charge is 0.170 e. The van der Waals surface area contributed by atoms with E-state index in [1.807, 2.05) is 19.9 Å². The van der Waals surface area contributed by atoms with Crippen LogP contribution in [0, 0.1) is 0 Å². The van der Waals surface area contributed by atoms with Gasteiger partial charge in [-0.1, -0.05) is 12.1 Å². The number of morpholine rings is 1. The summed E-state index contributed by atoms with van der Waals surface area (Å²) < 4.78 is 10.9. The number of benzene rings is 1. The number of hydrogen-bond donors (Lipinski definition) is 2. The molecule has 1 fully saturated rings. The van der Waals surface area contributed by atoms with Gasteiger partial charge in [0.05, 0.1) is 30.7 Å². The lowest BCUT2D eigenvalue weighted by Gasteiger charge is -2.30. The van der Waals surface area contributed by atoms with Crippen LogP contribution in [0.4, 0.5) is 11.4 Å². The molecule has 0 aromatic heterocycles. The molecule has 0 atom stereocenters. The number of rotatable bonds is 7. The highest BCUT2D eigenvalue weighted by molar-refractivity contribution is 7.80. The molecule has 1 aliphatic heterocycles. The number of para-hydroxylation sites is 2.